The van der Waals surface area contributed by atoms with Crippen molar-refractivity contribution in [2.75, 3.05) is 12.3 Å². The van der Waals surface area contributed by atoms with Gasteiger partial charge in [-0.15, -0.1) is 11.8 Å². The SMILES string of the molecule is O=C1CS[C@H](c2cccc([N+](=O)[O-])c2)N1CC12CC3CC(CC(C3)C1)C2. The lowest BCUT2D eigenvalue weighted by Gasteiger charge is -2.58. The summed E-state index contributed by atoms with van der Waals surface area (Å²) in [6.07, 6.45) is 8.02. The van der Waals surface area contributed by atoms with Crippen molar-refractivity contribution in [3.63, 3.8) is 0 Å². The maximum atomic E-state index is 12.7. The molecule has 1 aliphatic heterocycles. The highest BCUT2D eigenvalue weighted by Gasteiger charge is 2.52. The molecule has 1 aromatic rings. The maximum Gasteiger partial charge on any atom is 0.269 e. The number of carbonyl (C=O) groups excluding carboxylic acids is 1. The maximum absolute atomic E-state index is 12.7. The summed E-state index contributed by atoms with van der Waals surface area (Å²) < 4.78 is 0. The monoisotopic (exact) mass is 372 g/mol. The van der Waals surface area contributed by atoms with Crippen LogP contribution < -0.4 is 0 Å². The predicted molar refractivity (Wildman–Crippen MR) is 101 cm³/mol. The Balaban J connectivity index is 1.41. The van der Waals surface area contributed by atoms with Crippen LogP contribution in [0.25, 0.3) is 0 Å². The van der Waals surface area contributed by atoms with E-state index in [4.69, 9.17) is 0 Å². The van der Waals surface area contributed by atoms with Gasteiger partial charge in [0, 0.05) is 18.7 Å². The largest absolute Gasteiger partial charge is 0.325 e. The summed E-state index contributed by atoms with van der Waals surface area (Å²) >= 11 is 1.61. The van der Waals surface area contributed by atoms with Gasteiger partial charge >= 0.3 is 0 Å². The molecule has 0 N–H and O–H groups in total. The van der Waals surface area contributed by atoms with Gasteiger partial charge in [0.25, 0.3) is 5.69 Å². The normalized spacial score (nSPS) is 38.2. The first-order valence-electron chi connectivity index (χ1n) is 9.67. The quantitative estimate of drug-likeness (QED) is 0.581. The molecule has 5 aliphatic rings. The molecule has 1 atom stereocenters. The smallest absolute Gasteiger partial charge is 0.269 e. The third kappa shape index (κ3) is 2.73. The van der Waals surface area contributed by atoms with Gasteiger partial charge in [0.2, 0.25) is 5.91 Å². The lowest BCUT2D eigenvalue weighted by molar-refractivity contribution is -0.384. The van der Waals surface area contributed by atoms with Crippen LogP contribution in [0, 0.1) is 33.3 Å². The standard InChI is InChI=1S/C20H24N2O3S/c23-18-11-26-19(16-2-1-3-17(7-16)22(24)25)21(18)12-20-8-13-4-14(9-20)6-15(5-13)10-20/h1-3,7,13-15,19H,4-6,8-12H2/t13?,14?,15?,19-,20?/m1/s1. The third-order valence-electron chi connectivity index (χ3n) is 7.01. The number of hydrogen-bond donors (Lipinski definition) is 0. The van der Waals surface area contributed by atoms with Gasteiger partial charge in [-0.3, -0.25) is 14.9 Å². The molecule has 0 aromatic heterocycles. The molecular weight excluding hydrogens is 348 g/mol. The average molecular weight is 372 g/mol. The molecule has 1 aromatic carbocycles. The van der Waals surface area contributed by atoms with Crippen molar-refractivity contribution in [3.05, 3.63) is 39.9 Å². The highest BCUT2D eigenvalue weighted by Crippen LogP contribution is 2.61. The minimum absolute atomic E-state index is 0.0737. The molecule has 1 saturated heterocycles. The lowest BCUT2D eigenvalue weighted by Crippen LogP contribution is -2.51. The number of hydrogen-bond acceptors (Lipinski definition) is 4. The summed E-state index contributed by atoms with van der Waals surface area (Å²) in [5.41, 5.74) is 1.30. The van der Waals surface area contributed by atoms with Gasteiger partial charge in [0.05, 0.1) is 10.7 Å². The summed E-state index contributed by atoms with van der Waals surface area (Å²) in [7, 11) is 0. The zero-order chi connectivity index (χ0) is 17.9. The summed E-state index contributed by atoms with van der Waals surface area (Å²) in [5, 5.41) is 11.1. The number of amides is 1. The number of nitrogens with zero attached hydrogens (tertiary/aromatic N) is 2. The Bertz CT molecular complexity index is 730. The van der Waals surface area contributed by atoms with Gasteiger partial charge in [-0.2, -0.15) is 0 Å². The van der Waals surface area contributed by atoms with E-state index in [-0.39, 0.29) is 21.9 Å². The van der Waals surface area contributed by atoms with Crippen molar-refractivity contribution in [1.82, 2.24) is 4.90 Å². The first kappa shape index (κ1) is 16.6. The summed E-state index contributed by atoms with van der Waals surface area (Å²) in [6, 6.07) is 6.83. The molecule has 4 saturated carbocycles. The van der Waals surface area contributed by atoms with E-state index in [0.29, 0.717) is 11.2 Å². The molecule has 1 heterocycles. The molecular formula is C20H24N2O3S. The number of rotatable bonds is 4. The van der Waals surface area contributed by atoms with E-state index in [9.17, 15) is 14.9 Å². The fourth-order valence-electron chi connectivity index (χ4n) is 6.54. The molecule has 6 heteroatoms. The first-order valence-corrected chi connectivity index (χ1v) is 10.7. The summed E-state index contributed by atoms with van der Waals surface area (Å²) in [4.78, 5) is 25.5. The zero-order valence-electron chi connectivity index (χ0n) is 14.8. The fourth-order valence-corrected chi connectivity index (χ4v) is 7.72. The molecule has 5 fully saturated rings. The number of thioether (sulfide) groups is 1. The highest BCUT2D eigenvalue weighted by atomic mass is 32.2. The Hall–Kier alpha value is -1.56. The molecule has 4 aliphatic carbocycles. The van der Waals surface area contributed by atoms with Crippen LogP contribution in [0.4, 0.5) is 5.69 Å². The number of carbonyl (C=O) groups is 1. The van der Waals surface area contributed by atoms with E-state index in [1.807, 2.05) is 11.0 Å². The van der Waals surface area contributed by atoms with Crippen LogP contribution in [-0.4, -0.2) is 28.0 Å². The van der Waals surface area contributed by atoms with Crippen molar-refractivity contribution in [2.24, 2.45) is 23.2 Å². The molecule has 6 rings (SSSR count). The predicted octanol–water partition coefficient (Wildman–Crippen LogP) is 4.39. The topological polar surface area (TPSA) is 63.4 Å². The van der Waals surface area contributed by atoms with Crippen molar-refractivity contribution in [3.8, 4) is 0 Å². The molecule has 138 valence electrons. The number of nitro benzene ring substituents is 1. The van der Waals surface area contributed by atoms with E-state index in [2.05, 4.69) is 0 Å². The van der Waals surface area contributed by atoms with Gasteiger partial charge in [-0.25, -0.2) is 0 Å². The average Bonchev–Trinajstić information content (AvgIpc) is 2.94. The Labute approximate surface area is 157 Å². The molecule has 5 nitrogen and oxygen atoms in total. The highest BCUT2D eigenvalue weighted by molar-refractivity contribution is 8.00. The zero-order valence-corrected chi connectivity index (χ0v) is 15.6. The summed E-state index contributed by atoms with van der Waals surface area (Å²) in [6.45, 7) is 0.843. The molecule has 0 radical (unpaired) electrons. The summed E-state index contributed by atoms with van der Waals surface area (Å²) in [5.74, 6) is 3.27. The van der Waals surface area contributed by atoms with Gasteiger partial charge in [0.1, 0.15) is 5.37 Å². The van der Waals surface area contributed by atoms with Gasteiger partial charge in [-0.1, -0.05) is 12.1 Å². The molecule has 0 spiro atoms. The van der Waals surface area contributed by atoms with Crippen LogP contribution in [0.15, 0.2) is 24.3 Å². The third-order valence-corrected chi connectivity index (χ3v) is 8.26. The Kier molecular flexibility index (Phi) is 3.82. The number of nitro groups is 1. The lowest BCUT2D eigenvalue weighted by atomic mass is 9.49. The van der Waals surface area contributed by atoms with Crippen LogP contribution in [0.2, 0.25) is 0 Å². The molecule has 1 amide bonds. The van der Waals surface area contributed by atoms with Crippen LogP contribution in [-0.2, 0) is 4.79 Å². The van der Waals surface area contributed by atoms with Gasteiger partial charge in [-0.05, 0) is 67.3 Å². The minimum Gasteiger partial charge on any atom is -0.325 e. The van der Waals surface area contributed by atoms with Crippen LogP contribution in [0.1, 0.15) is 49.5 Å². The second-order valence-electron chi connectivity index (χ2n) is 8.95. The van der Waals surface area contributed by atoms with Crippen LogP contribution in [0.5, 0.6) is 0 Å². The molecule has 26 heavy (non-hydrogen) atoms. The fraction of sp³-hybridized carbons (Fsp3) is 0.650. The second kappa shape index (κ2) is 5.98. The van der Waals surface area contributed by atoms with E-state index in [1.165, 1.54) is 44.6 Å². The van der Waals surface area contributed by atoms with E-state index in [1.54, 1.807) is 23.9 Å². The Morgan fingerprint density at radius 1 is 1.15 bits per heavy atom. The van der Waals surface area contributed by atoms with Crippen LogP contribution >= 0.6 is 11.8 Å². The van der Waals surface area contributed by atoms with Crippen molar-refractivity contribution >= 4 is 23.4 Å². The first-order chi connectivity index (χ1) is 12.5. The van der Waals surface area contributed by atoms with Gasteiger partial charge < -0.3 is 4.90 Å². The molecule has 0 unspecified atom stereocenters. The number of benzene rings is 1. The second-order valence-corrected chi connectivity index (χ2v) is 10.0. The van der Waals surface area contributed by atoms with E-state index < -0.39 is 0 Å². The Morgan fingerprint density at radius 3 is 2.42 bits per heavy atom. The molecule has 4 bridgehead atoms. The van der Waals surface area contributed by atoms with Crippen molar-refractivity contribution < 1.29 is 9.72 Å². The number of non-ortho nitro benzene ring substituents is 1. The van der Waals surface area contributed by atoms with Crippen molar-refractivity contribution in [1.29, 1.82) is 0 Å². The van der Waals surface area contributed by atoms with E-state index >= 15 is 0 Å². The van der Waals surface area contributed by atoms with Crippen molar-refractivity contribution in [2.45, 2.75) is 43.9 Å². The van der Waals surface area contributed by atoms with E-state index in [0.717, 1.165) is 29.9 Å². The van der Waals surface area contributed by atoms with Crippen LogP contribution in [0.3, 0.4) is 0 Å². The minimum atomic E-state index is -0.353. The van der Waals surface area contributed by atoms with Gasteiger partial charge in [0.15, 0.2) is 0 Å². The Morgan fingerprint density at radius 2 is 1.81 bits per heavy atom.